The first kappa shape index (κ1) is 14.6. The molecule has 0 aliphatic rings. The van der Waals surface area contributed by atoms with Gasteiger partial charge in [0.15, 0.2) is 0 Å². The zero-order valence-electron chi connectivity index (χ0n) is 10.2. The Kier molecular flexibility index (Phi) is 4.46. The minimum absolute atomic E-state index is 0.0668. The highest BCUT2D eigenvalue weighted by Gasteiger charge is 2.35. The number of hydrogen-bond donors (Lipinski definition) is 2. The zero-order chi connectivity index (χ0) is 14.6. The van der Waals surface area contributed by atoms with Crippen molar-refractivity contribution in [2.45, 2.75) is 17.0 Å². The maximum atomic E-state index is 12.6. The molecule has 2 rings (SSSR count). The molecule has 0 saturated heterocycles. The van der Waals surface area contributed by atoms with E-state index in [9.17, 15) is 13.2 Å². The minimum atomic E-state index is -4.60. The van der Waals surface area contributed by atoms with Crippen LogP contribution in [0.2, 0.25) is 0 Å². The van der Waals surface area contributed by atoms with Crippen molar-refractivity contribution in [1.82, 2.24) is 9.97 Å². The van der Waals surface area contributed by atoms with Crippen LogP contribution in [0.3, 0.4) is 0 Å². The first-order valence-electron chi connectivity index (χ1n) is 5.58. The standard InChI is InChI=1S/C12H11F3N4S/c13-12(14,15)11-17-9(19-16)6-10(18-11)20-7-8-4-2-1-3-5-8/h1-6H,7,16H2,(H,17,18,19). The number of hydrogen-bond acceptors (Lipinski definition) is 5. The van der Waals surface area contributed by atoms with Crippen LogP contribution in [-0.4, -0.2) is 9.97 Å². The van der Waals surface area contributed by atoms with Gasteiger partial charge in [0, 0.05) is 11.8 Å². The second-order valence-electron chi connectivity index (χ2n) is 3.83. The van der Waals surface area contributed by atoms with E-state index >= 15 is 0 Å². The second-order valence-corrected chi connectivity index (χ2v) is 4.83. The summed E-state index contributed by atoms with van der Waals surface area (Å²) in [7, 11) is 0. The average molecular weight is 300 g/mol. The maximum absolute atomic E-state index is 12.6. The molecule has 0 aliphatic heterocycles. The number of anilines is 1. The lowest BCUT2D eigenvalue weighted by Crippen LogP contribution is -2.16. The van der Waals surface area contributed by atoms with Crippen LogP contribution in [0.4, 0.5) is 19.0 Å². The van der Waals surface area contributed by atoms with Crippen molar-refractivity contribution in [3.63, 3.8) is 0 Å². The van der Waals surface area contributed by atoms with Gasteiger partial charge in [-0.15, -0.1) is 11.8 Å². The number of nitrogen functional groups attached to an aromatic ring is 1. The van der Waals surface area contributed by atoms with Crippen LogP contribution >= 0.6 is 11.8 Å². The summed E-state index contributed by atoms with van der Waals surface area (Å²) in [5.74, 6) is 4.36. The largest absolute Gasteiger partial charge is 0.451 e. The van der Waals surface area contributed by atoms with Crippen molar-refractivity contribution in [3.8, 4) is 0 Å². The molecule has 0 aliphatic carbocycles. The molecule has 0 saturated carbocycles. The van der Waals surface area contributed by atoms with Gasteiger partial charge in [0.1, 0.15) is 10.8 Å². The van der Waals surface area contributed by atoms with Gasteiger partial charge in [0.05, 0.1) is 0 Å². The molecule has 106 valence electrons. The van der Waals surface area contributed by atoms with Crippen LogP contribution in [-0.2, 0) is 11.9 Å². The zero-order valence-corrected chi connectivity index (χ0v) is 11.0. The molecule has 0 atom stereocenters. The summed E-state index contributed by atoms with van der Waals surface area (Å²) in [6, 6.07) is 10.8. The van der Waals surface area contributed by atoms with Gasteiger partial charge in [-0.05, 0) is 5.56 Å². The molecule has 3 N–H and O–H groups in total. The Morgan fingerprint density at radius 2 is 1.85 bits per heavy atom. The van der Waals surface area contributed by atoms with E-state index in [0.717, 1.165) is 5.56 Å². The normalized spacial score (nSPS) is 11.4. The maximum Gasteiger partial charge on any atom is 0.451 e. The Morgan fingerprint density at radius 3 is 2.45 bits per heavy atom. The van der Waals surface area contributed by atoms with Gasteiger partial charge in [-0.25, -0.2) is 15.8 Å². The third-order valence-corrected chi connectivity index (χ3v) is 3.32. The SMILES string of the molecule is NNc1cc(SCc2ccccc2)nc(C(F)(F)F)n1. The minimum Gasteiger partial charge on any atom is -0.308 e. The summed E-state index contributed by atoms with van der Waals surface area (Å²) in [6.45, 7) is 0. The fourth-order valence-electron chi connectivity index (χ4n) is 1.43. The molecule has 0 amide bonds. The summed E-state index contributed by atoms with van der Waals surface area (Å²) in [5, 5.41) is 0.212. The van der Waals surface area contributed by atoms with Crippen LogP contribution in [0.15, 0.2) is 41.4 Å². The van der Waals surface area contributed by atoms with Gasteiger partial charge >= 0.3 is 6.18 Å². The van der Waals surface area contributed by atoms with Crippen molar-refractivity contribution in [1.29, 1.82) is 0 Å². The molecule has 0 spiro atoms. The summed E-state index contributed by atoms with van der Waals surface area (Å²) in [6.07, 6.45) is -4.60. The van der Waals surface area contributed by atoms with Gasteiger partial charge in [0.25, 0.3) is 0 Å². The van der Waals surface area contributed by atoms with Crippen LogP contribution in [0, 0.1) is 0 Å². The van der Waals surface area contributed by atoms with Gasteiger partial charge in [-0.2, -0.15) is 13.2 Å². The van der Waals surface area contributed by atoms with E-state index in [1.807, 2.05) is 30.3 Å². The number of nitrogens with two attached hydrogens (primary N) is 1. The molecule has 0 fully saturated rings. The molecule has 0 bridgehead atoms. The first-order valence-corrected chi connectivity index (χ1v) is 6.57. The number of hydrazine groups is 1. The summed E-state index contributed by atoms with van der Waals surface area (Å²) >= 11 is 1.19. The number of thioether (sulfide) groups is 1. The Labute approximate surface area is 117 Å². The molecule has 1 aromatic heterocycles. The third-order valence-electron chi connectivity index (χ3n) is 2.33. The van der Waals surface area contributed by atoms with Gasteiger partial charge < -0.3 is 5.43 Å². The predicted molar refractivity (Wildman–Crippen MR) is 70.8 cm³/mol. The number of benzene rings is 1. The fraction of sp³-hybridized carbons (Fsp3) is 0.167. The van der Waals surface area contributed by atoms with Crippen molar-refractivity contribution < 1.29 is 13.2 Å². The van der Waals surface area contributed by atoms with Gasteiger partial charge in [0.2, 0.25) is 5.82 Å². The lowest BCUT2D eigenvalue weighted by atomic mass is 10.2. The van der Waals surface area contributed by atoms with Crippen molar-refractivity contribution in [2.24, 2.45) is 5.84 Å². The molecule has 20 heavy (non-hydrogen) atoms. The third kappa shape index (κ3) is 3.84. The highest BCUT2D eigenvalue weighted by atomic mass is 32.2. The highest BCUT2D eigenvalue weighted by molar-refractivity contribution is 7.98. The molecule has 1 heterocycles. The number of alkyl halides is 3. The van der Waals surface area contributed by atoms with Crippen LogP contribution < -0.4 is 11.3 Å². The van der Waals surface area contributed by atoms with Crippen molar-refractivity contribution in [3.05, 3.63) is 47.8 Å². The molecule has 1 aromatic carbocycles. The molecule has 0 radical (unpaired) electrons. The highest BCUT2D eigenvalue weighted by Crippen LogP contribution is 2.30. The van der Waals surface area contributed by atoms with E-state index in [1.54, 1.807) is 0 Å². The monoisotopic (exact) mass is 300 g/mol. The average Bonchev–Trinajstić information content (AvgIpc) is 2.45. The van der Waals surface area contributed by atoms with Crippen LogP contribution in [0.25, 0.3) is 0 Å². The van der Waals surface area contributed by atoms with E-state index in [1.165, 1.54) is 17.8 Å². The molecule has 0 unspecified atom stereocenters. The topological polar surface area (TPSA) is 63.8 Å². The van der Waals surface area contributed by atoms with E-state index in [0.29, 0.717) is 5.75 Å². The van der Waals surface area contributed by atoms with Gasteiger partial charge in [-0.1, -0.05) is 30.3 Å². The van der Waals surface area contributed by atoms with Crippen molar-refractivity contribution in [2.75, 3.05) is 5.43 Å². The van der Waals surface area contributed by atoms with Crippen LogP contribution in [0.5, 0.6) is 0 Å². The Bertz CT molecular complexity index is 575. The summed E-state index contributed by atoms with van der Waals surface area (Å²) in [4.78, 5) is 6.79. The second kappa shape index (κ2) is 6.10. The fourth-order valence-corrected chi connectivity index (χ4v) is 2.28. The number of aromatic nitrogens is 2. The molecular weight excluding hydrogens is 289 g/mol. The van der Waals surface area contributed by atoms with Crippen molar-refractivity contribution >= 4 is 17.6 Å². The number of nitrogens with one attached hydrogen (secondary N) is 1. The number of rotatable bonds is 4. The van der Waals surface area contributed by atoms with E-state index < -0.39 is 12.0 Å². The molecule has 8 heteroatoms. The lowest BCUT2D eigenvalue weighted by molar-refractivity contribution is -0.145. The Morgan fingerprint density at radius 1 is 1.15 bits per heavy atom. The number of halogens is 3. The number of nitrogens with zero attached hydrogens (tertiary/aromatic N) is 2. The molecule has 4 nitrogen and oxygen atoms in total. The molecule has 2 aromatic rings. The quantitative estimate of drug-likeness (QED) is 0.393. The predicted octanol–water partition coefficient (Wildman–Crippen LogP) is 3.07. The van der Waals surface area contributed by atoms with E-state index in [-0.39, 0.29) is 10.8 Å². The summed E-state index contributed by atoms with van der Waals surface area (Å²) < 4.78 is 37.9. The summed E-state index contributed by atoms with van der Waals surface area (Å²) in [5.41, 5.74) is 3.11. The smallest absolute Gasteiger partial charge is 0.308 e. The lowest BCUT2D eigenvalue weighted by Gasteiger charge is -2.09. The van der Waals surface area contributed by atoms with Gasteiger partial charge in [-0.3, -0.25) is 0 Å². The van der Waals surface area contributed by atoms with E-state index in [4.69, 9.17) is 5.84 Å². The van der Waals surface area contributed by atoms with Crippen LogP contribution in [0.1, 0.15) is 11.4 Å². The Hall–Kier alpha value is -1.80. The Balaban J connectivity index is 2.19. The molecular formula is C12H11F3N4S. The first-order chi connectivity index (χ1) is 9.49. The van der Waals surface area contributed by atoms with E-state index in [2.05, 4.69) is 15.4 Å².